The molecule has 0 aromatic carbocycles. The smallest absolute Gasteiger partial charge is 0.264 e. The van der Waals surface area contributed by atoms with Crippen molar-refractivity contribution in [1.82, 2.24) is 19.6 Å². The van der Waals surface area contributed by atoms with Crippen molar-refractivity contribution < 1.29 is 14.3 Å². The predicted molar refractivity (Wildman–Crippen MR) is 102 cm³/mol. The van der Waals surface area contributed by atoms with Gasteiger partial charge in [-0.15, -0.1) is 11.3 Å². The number of likely N-dealkylation sites (tertiary alicyclic amines) is 1. The van der Waals surface area contributed by atoms with E-state index in [9.17, 15) is 9.59 Å². The summed E-state index contributed by atoms with van der Waals surface area (Å²) in [5.74, 6) is 0.0845. The van der Waals surface area contributed by atoms with Crippen LogP contribution in [0.3, 0.4) is 0 Å². The Kier molecular flexibility index (Phi) is 5.27. The van der Waals surface area contributed by atoms with Gasteiger partial charge in [-0.3, -0.25) is 14.3 Å². The van der Waals surface area contributed by atoms with Gasteiger partial charge < -0.3 is 14.5 Å². The third kappa shape index (κ3) is 3.64. The fourth-order valence-corrected chi connectivity index (χ4v) is 4.81. The Labute approximate surface area is 162 Å². The summed E-state index contributed by atoms with van der Waals surface area (Å²) in [6, 6.07) is 3.94. The Morgan fingerprint density at radius 2 is 2.04 bits per heavy atom. The van der Waals surface area contributed by atoms with Gasteiger partial charge in [0.15, 0.2) is 0 Å². The number of hydrogen-bond acceptors (Lipinski definition) is 5. The lowest BCUT2D eigenvalue weighted by atomic mass is 10.1. The fraction of sp³-hybridized carbons (Fsp3) is 0.526. The van der Waals surface area contributed by atoms with Gasteiger partial charge in [0, 0.05) is 37.3 Å². The molecule has 0 unspecified atom stereocenters. The van der Waals surface area contributed by atoms with Crippen LogP contribution in [0.1, 0.15) is 50.7 Å². The van der Waals surface area contributed by atoms with Crippen LogP contribution in [0, 0.1) is 0 Å². The first-order valence-corrected chi connectivity index (χ1v) is 10.3. The number of ether oxygens (including phenoxy) is 1. The molecule has 2 aromatic rings. The van der Waals surface area contributed by atoms with Gasteiger partial charge in [0.1, 0.15) is 0 Å². The highest BCUT2D eigenvalue weighted by Gasteiger charge is 2.33. The van der Waals surface area contributed by atoms with E-state index >= 15 is 0 Å². The van der Waals surface area contributed by atoms with E-state index in [1.807, 2.05) is 28.9 Å². The first-order valence-electron chi connectivity index (χ1n) is 9.47. The normalized spacial score (nSPS) is 20.3. The SMILES string of the molecule is CCn1cc(C(=O)N2CCC[C@@H]2c2ccc(C(=O)N3CCOCC3)s2)cn1. The number of carbonyl (C=O) groups excluding carboxylic acids is 2. The number of rotatable bonds is 4. The van der Waals surface area contributed by atoms with E-state index in [2.05, 4.69) is 5.10 Å². The highest BCUT2D eigenvalue weighted by atomic mass is 32.1. The van der Waals surface area contributed by atoms with Crippen molar-refractivity contribution in [3.05, 3.63) is 39.8 Å². The zero-order chi connectivity index (χ0) is 18.8. The standard InChI is InChI=1S/C19H24N4O3S/c1-2-22-13-14(12-20-22)18(24)23-7-3-4-15(23)16-5-6-17(27-16)19(25)21-8-10-26-11-9-21/h5-6,12-13,15H,2-4,7-11H2,1H3/t15-/m1/s1. The molecule has 0 aliphatic carbocycles. The molecule has 0 radical (unpaired) electrons. The van der Waals surface area contributed by atoms with Crippen molar-refractivity contribution in [3.63, 3.8) is 0 Å². The molecule has 2 fully saturated rings. The average Bonchev–Trinajstić information content (AvgIpc) is 3.47. The fourth-order valence-electron chi connectivity index (χ4n) is 3.69. The number of aryl methyl sites for hydroxylation is 1. The summed E-state index contributed by atoms with van der Waals surface area (Å²) < 4.78 is 7.09. The van der Waals surface area contributed by atoms with Crippen molar-refractivity contribution in [3.8, 4) is 0 Å². The van der Waals surface area contributed by atoms with Gasteiger partial charge in [-0.2, -0.15) is 5.10 Å². The number of thiophene rings is 1. The van der Waals surface area contributed by atoms with Crippen molar-refractivity contribution >= 4 is 23.2 Å². The van der Waals surface area contributed by atoms with E-state index in [1.165, 1.54) is 11.3 Å². The number of amides is 2. The van der Waals surface area contributed by atoms with E-state index in [4.69, 9.17) is 4.74 Å². The summed E-state index contributed by atoms with van der Waals surface area (Å²) in [4.78, 5) is 31.2. The van der Waals surface area contributed by atoms with Crippen molar-refractivity contribution in [2.45, 2.75) is 32.4 Å². The predicted octanol–water partition coefficient (Wildman–Crippen LogP) is 2.41. The molecule has 0 N–H and O–H groups in total. The lowest BCUT2D eigenvalue weighted by Gasteiger charge is -2.26. The molecule has 4 rings (SSSR count). The second-order valence-electron chi connectivity index (χ2n) is 6.85. The molecule has 7 nitrogen and oxygen atoms in total. The molecule has 2 saturated heterocycles. The summed E-state index contributed by atoms with van der Waals surface area (Å²) in [6.45, 7) is 5.96. The Morgan fingerprint density at radius 1 is 1.22 bits per heavy atom. The quantitative estimate of drug-likeness (QED) is 0.807. The van der Waals surface area contributed by atoms with Crippen molar-refractivity contribution in [2.75, 3.05) is 32.8 Å². The Morgan fingerprint density at radius 3 is 2.78 bits per heavy atom. The number of carbonyl (C=O) groups is 2. The first-order chi connectivity index (χ1) is 13.2. The Hall–Kier alpha value is -2.19. The second kappa shape index (κ2) is 7.82. The summed E-state index contributed by atoms with van der Waals surface area (Å²) in [5, 5.41) is 4.22. The lowest BCUT2D eigenvalue weighted by molar-refractivity contribution is 0.0306. The molecule has 0 bridgehead atoms. The number of nitrogens with zero attached hydrogens (tertiary/aromatic N) is 4. The molecule has 2 aliphatic rings. The number of morpholine rings is 1. The van der Waals surface area contributed by atoms with E-state index in [0.717, 1.165) is 35.7 Å². The summed E-state index contributed by atoms with van der Waals surface area (Å²) in [7, 11) is 0. The van der Waals surface area contributed by atoms with Crippen LogP contribution >= 0.6 is 11.3 Å². The highest BCUT2D eigenvalue weighted by Crippen LogP contribution is 2.37. The molecule has 4 heterocycles. The Balaban J connectivity index is 1.49. The van der Waals surface area contributed by atoms with Crippen LogP contribution in [-0.2, 0) is 11.3 Å². The van der Waals surface area contributed by atoms with Gasteiger partial charge in [0.2, 0.25) is 0 Å². The zero-order valence-corrected chi connectivity index (χ0v) is 16.3. The third-order valence-corrected chi connectivity index (χ3v) is 6.36. The van der Waals surface area contributed by atoms with Crippen molar-refractivity contribution in [1.29, 1.82) is 0 Å². The van der Waals surface area contributed by atoms with Gasteiger partial charge in [0.05, 0.1) is 35.9 Å². The second-order valence-corrected chi connectivity index (χ2v) is 7.96. The van der Waals surface area contributed by atoms with Crippen LogP contribution in [0.5, 0.6) is 0 Å². The number of aromatic nitrogens is 2. The first kappa shape index (κ1) is 18.2. The van der Waals surface area contributed by atoms with Gasteiger partial charge in [-0.25, -0.2) is 0 Å². The molecule has 27 heavy (non-hydrogen) atoms. The lowest BCUT2D eigenvalue weighted by Crippen LogP contribution is -2.40. The van der Waals surface area contributed by atoms with E-state index in [1.54, 1.807) is 17.1 Å². The molecule has 0 spiro atoms. The van der Waals surface area contributed by atoms with Gasteiger partial charge in [-0.05, 0) is 31.9 Å². The molecule has 144 valence electrons. The Bertz CT molecular complexity index is 825. The molecule has 8 heteroatoms. The maximum absolute atomic E-state index is 12.9. The monoisotopic (exact) mass is 388 g/mol. The largest absolute Gasteiger partial charge is 0.378 e. The number of hydrogen-bond donors (Lipinski definition) is 0. The topological polar surface area (TPSA) is 67.7 Å². The average molecular weight is 388 g/mol. The van der Waals surface area contributed by atoms with Gasteiger partial charge >= 0.3 is 0 Å². The molecule has 2 aliphatic heterocycles. The molecular weight excluding hydrogens is 364 g/mol. The molecule has 2 aromatic heterocycles. The van der Waals surface area contributed by atoms with Crippen LogP contribution in [0.15, 0.2) is 24.5 Å². The van der Waals surface area contributed by atoms with Gasteiger partial charge in [0.25, 0.3) is 11.8 Å². The minimum absolute atomic E-state index is 0.0201. The minimum atomic E-state index is 0.0201. The van der Waals surface area contributed by atoms with E-state index in [-0.39, 0.29) is 17.9 Å². The molecular formula is C19H24N4O3S. The zero-order valence-electron chi connectivity index (χ0n) is 15.5. The molecule has 1 atom stereocenters. The van der Waals surface area contributed by atoms with E-state index < -0.39 is 0 Å². The summed E-state index contributed by atoms with van der Waals surface area (Å²) in [5.41, 5.74) is 0.630. The summed E-state index contributed by atoms with van der Waals surface area (Å²) >= 11 is 1.51. The summed E-state index contributed by atoms with van der Waals surface area (Å²) in [6.07, 6.45) is 5.35. The molecule has 0 saturated carbocycles. The third-order valence-electron chi connectivity index (χ3n) is 5.18. The van der Waals surface area contributed by atoms with E-state index in [0.29, 0.717) is 31.9 Å². The van der Waals surface area contributed by atoms with Crippen LogP contribution in [0.2, 0.25) is 0 Å². The van der Waals surface area contributed by atoms with Crippen LogP contribution in [0.25, 0.3) is 0 Å². The van der Waals surface area contributed by atoms with Crippen molar-refractivity contribution in [2.24, 2.45) is 0 Å². The van der Waals surface area contributed by atoms with Gasteiger partial charge in [-0.1, -0.05) is 0 Å². The molecule has 2 amide bonds. The van der Waals surface area contributed by atoms with Crippen LogP contribution in [0.4, 0.5) is 0 Å². The maximum atomic E-state index is 12.9. The minimum Gasteiger partial charge on any atom is -0.378 e. The van der Waals surface area contributed by atoms with Crippen LogP contribution < -0.4 is 0 Å². The van der Waals surface area contributed by atoms with Crippen LogP contribution in [-0.4, -0.2) is 64.2 Å². The maximum Gasteiger partial charge on any atom is 0.264 e. The highest BCUT2D eigenvalue weighted by molar-refractivity contribution is 7.14.